The van der Waals surface area contributed by atoms with Crippen molar-refractivity contribution in [3.8, 4) is 22.6 Å². The molecule has 1 aliphatic carbocycles. The summed E-state index contributed by atoms with van der Waals surface area (Å²) in [5, 5.41) is 2.85. The lowest BCUT2D eigenvalue weighted by Gasteiger charge is -2.09. The van der Waals surface area contributed by atoms with Crippen LogP contribution in [0.15, 0.2) is 48.8 Å². The molecule has 3 aromatic rings. The maximum absolute atomic E-state index is 11.9. The van der Waals surface area contributed by atoms with Crippen molar-refractivity contribution < 1.29 is 4.79 Å². The molecule has 2 heterocycles. The van der Waals surface area contributed by atoms with Crippen LogP contribution in [0.4, 0.5) is 11.5 Å². The molecule has 1 fully saturated rings. The number of hydrogen-bond donors (Lipinski definition) is 2. The summed E-state index contributed by atoms with van der Waals surface area (Å²) in [7, 11) is 0. The number of benzene rings is 1. The van der Waals surface area contributed by atoms with Crippen LogP contribution in [0.3, 0.4) is 0 Å². The van der Waals surface area contributed by atoms with E-state index in [-0.39, 0.29) is 11.8 Å². The predicted molar refractivity (Wildman–Crippen MR) is 101 cm³/mol. The second-order valence-corrected chi connectivity index (χ2v) is 6.53. The predicted octanol–water partition coefficient (Wildman–Crippen LogP) is 3.44. The van der Waals surface area contributed by atoms with Crippen molar-refractivity contribution in [2.45, 2.75) is 19.8 Å². The monoisotopic (exact) mass is 345 g/mol. The molecule has 0 bridgehead atoms. The van der Waals surface area contributed by atoms with Gasteiger partial charge in [0.2, 0.25) is 5.91 Å². The Hall–Kier alpha value is -3.28. The van der Waals surface area contributed by atoms with Crippen LogP contribution in [0.1, 0.15) is 18.4 Å². The van der Waals surface area contributed by atoms with E-state index in [9.17, 15) is 4.79 Å². The Morgan fingerprint density at radius 3 is 2.73 bits per heavy atom. The maximum Gasteiger partial charge on any atom is 0.228 e. The number of rotatable bonds is 4. The number of nitrogens with one attached hydrogen (secondary N) is 1. The van der Waals surface area contributed by atoms with Crippen LogP contribution in [-0.2, 0) is 4.79 Å². The molecule has 6 heteroatoms. The number of nitrogen functional groups attached to an aromatic ring is 1. The van der Waals surface area contributed by atoms with Gasteiger partial charge in [-0.05, 0) is 55.7 Å². The van der Waals surface area contributed by atoms with Crippen LogP contribution >= 0.6 is 0 Å². The van der Waals surface area contributed by atoms with Gasteiger partial charge in [0.05, 0.1) is 5.69 Å². The first-order chi connectivity index (χ1) is 12.6. The minimum atomic E-state index is 0.0275. The molecule has 26 heavy (non-hydrogen) atoms. The van der Waals surface area contributed by atoms with E-state index in [0.29, 0.717) is 17.3 Å². The van der Waals surface area contributed by atoms with E-state index >= 15 is 0 Å². The van der Waals surface area contributed by atoms with Crippen molar-refractivity contribution in [3.63, 3.8) is 0 Å². The summed E-state index contributed by atoms with van der Waals surface area (Å²) in [6.45, 7) is 2.02. The summed E-state index contributed by atoms with van der Waals surface area (Å²) in [6, 6.07) is 11.3. The second kappa shape index (κ2) is 6.55. The van der Waals surface area contributed by atoms with E-state index in [1.807, 2.05) is 37.3 Å². The van der Waals surface area contributed by atoms with E-state index in [4.69, 9.17) is 5.73 Å². The lowest BCUT2D eigenvalue weighted by Crippen LogP contribution is -2.14. The standard InChI is InChI=1S/C20H19N5O/c1-12-2-5-15(21)11-16(12)17-7-9-23-19(24-17)14-6-8-22-18(10-14)25-20(26)13-3-4-13/h2,5-11,13H,3-4,21H2,1H3,(H,22,25,26). The average molecular weight is 345 g/mol. The second-order valence-electron chi connectivity index (χ2n) is 6.53. The van der Waals surface area contributed by atoms with Crippen molar-refractivity contribution in [1.29, 1.82) is 0 Å². The summed E-state index contributed by atoms with van der Waals surface area (Å²) < 4.78 is 0. The molecule has 1 aromatic carbocycles. The number of carbonyl (C=O) groups is 1. The molecule has 3 N–H and O–H groups in total. The molecule has 130 valence electrons. The summed E-state index contributed by atoms with van der Waals surface area (Å²) in [6.07, 6.45) is 5.29. The molecule has 0 spiro atoms. The fraction of sp³-hybridized carbons (Fsp3) is 0.200. The number of aryl methyl sites for hydroxylation is 1. The minimum Gasteiger partial charge on any atom is -0.399 e. The van der Waals surface area contributed by atoms with Gasteiger partial charge in [-0.1, -0.05) is 6.07 Å². The molecule has 0 saturated heterocycles. The summed E-state index contributed by atoms with van der Waals surface area (Å²) in [5.74, 6) is 1.26. The Bertz CT molecular complexity index is 981. The lowest BCUT2D eigenvalue weighted by atomic mass is 10.0. The van der Waals surface area contributed by atoms with Gasteiger partial charge in [-0.2, -0.15) is 0 Å². The largest absolute Gasteiger partial charge is 0.399 e. The fourth-order valence-electron chi connectivity index (χ4n) is 2.78. The number of hydrogen-bond acceptors (Lipinski definition) is 5. The smallest absolute Gasteiger partial charge is 0.228 e. The zero-order valence-electron chi connectivity index (χ0n) is 14.4. The third-order valence-electron chi connectivity index (χ3n) is 4.41. The van der Waals surface area contributed by atoms with Gasteiger partial charge in [0.15, 0.2) is 5.82 Å². The highest BCUT2D eigenvalue weighted by atomic mass is 16.2. The van der Waals surface area contributed by atoms with Crippen LogP contribution in [-0.4, -0.2) is 20.9 Å². The summed E-state index contributed by atoms with van der Waals surface area (Å²) in [5.41, 5.74) is 10.3. The molecule has 1 saturated carbocycles. The number of nitrogens with zero attached hydrogens (tertiary/aromatic N) is 3. The molecule has 1 aliphatic rings. The van der Waals surface area contributed by atoms with Crippen molar-refractivity contribution in [3.05, 3.63) is 54.4 Å². The molecule has 1 amide bonds. The zero-order chi connectivity index (χ0) is 18.1. The van der Waals surface area contributed by atoms with E-state index in [0.717, 1.165) is 35.2 Å². The SMILES string of the molecule is Cc1ccc(N)cc1-c1ccnc(-c2ccnc(NC(=O)C3CC3)c2)n1. The zero-order valence-corrected chi connectivity index (χ0v) is 14.4. The molecule has 0 unspecified atom stereocenters. The number of amides is 1. The Kier molecular flexibility index (Phi) is 4.08. The third-order valence-corrected chi connectivity index (χ3v) is 4.41. The minimum absolute atomic E-state index is 0.0275. The fourth-order valence-corrected chi connectivity index (χ4v) is 2.78. The van der Waals surface area contributed by atoms with Gasteiger partial charge < -0.3 is 11.1 Å². The first-order valence-electron chi connectivity index (χ1n) is 8.57. The Morgan fingerprint density at radius 1 is 1.12 bits per heavy atom. The molecular formula is C20H19N5O. The number of pyridine rings is 1. The van der Waals surface area contributed by atoms with Crippen LogP contribution in [0.5, 0.6) is 0 Å². The van der Waals surface area contributed by atoms with Crippen molar-refractivity contribution in [1.82, 2.24) is 15.0 Å². The van der Waals surface area contributed by atoms with Gasteiger partial charge in [-0.3, -0.25) is 4.79 Å². The normalized spacial score (nSPS) is 13.4. The highest BCUT2D eigenvalue weighted by Gasteiger charge is 2.29. The Morgan fingerprint density at radius 2 is 1.92 bits per heavy atom. The Labute approximate surface area is 151 Å². The third kappa shape index (κ3) is 3.39. The van der Waals surface area contributed by atoms with Gasteiger partial charge in [-0.15, -0.1) is 0 Å². The number of nitrogens with two attached hydrogens (primary N) is 1. The van der Waals surface area contributed by atoms with Crippen LogP contribution in [0.25, 0.3) is 22.6 Å². The molecular weight excluding hydrogens is 326 g/mol. The van der Waals surface area contributed by atoms with Crippen molar-refractivity contribution >= 4 is 17.4 Å². The average Bonchev–Trinajstić information content (AvgIpc) is 3.49. The van der Waals surface area contributed by atoms with Gasteiger partial charge in [0.25, 0.3) is 0 Å². The van der Waals surface area contributed by atoms with E-state index < -0.39 is 0 Å². The topological polar surface area (TPSA) is 93.8 Å². The number of aromatic nitrogens is 3. The van der Waals surface area contributed by atoms with Crippen molar-refractivity contribution in [2.75, 3.05) is 11.1 Å². The summed E-state index contributed by atoms with van der Waals surface area (Å²) in [4.78, 5) is 25.2. The van der Waals surface area contributed by atoms with Crippen LogP contribution in [0, 0.1) is 12.8 Å². The molecule has 0 aliphatic heterocycles. The van der Waals surface area contributed by atoms with Crippen LogP contribution in [0.2, 0.25) is 0 Å². The van der Waals surface area contributed by atoms with Gasteiger partial charge >= 0.3 is 0 Å². The van der Waals surface area contributed by atoms with Crippen LogP contribution < -0.4 is 11.1 Å². The summed E-state index contributed by atoms with van der Waals surface area (Å²) >= 11 is 0. The van der Waals surface area contributed by atoms with Gasteiger partial charge in [0.1, 0.15) is 5.82 Å². The Balaban J connectivity index is 1.66. The molecule has 6 nitrogen and oxygen atoms in total. The van der Waals surface area contributed by atoms with E-state index in [1.54, 1.807) is 18.5 Å². The molecule has 4 rings (SSSR count). The van der Waals surface area contributed by atoms with Gasteiger partial charge in [0, 0.05) is 35.1 Å². The lowest BCUT2D eigenvalue weighted by molar-refractivity contribution is -0.117. The van der Waals surface area contributed by atoms with E-state index in [2.05, 4.69) is 20.3 Å². The number of carbonyl (C=O) groups excluding carboxylic acids is 1. The maximum atomic E-state index is 11.9. The highest BCUT2D eigenvalue weighted by Crippen LogP contribution is 2.30. The quantitative estimate of drug-likeness (QED) is 0.706. The highest BCUT2D eigenvalue weighted by molar-refractivity contribution is 5.93. The first-order valence-corrected chi connectivity index (χ1v) is 8.57. The van der Waals surface area contributed by atoms with E-state index in [1.165, 1.54) is 0 Å². The molecule has 0 radical (unpaired) electrons. The molecule has 0 atom stereocenters. The molecule has 2 aromatic heterocycles. The first kappa shape index (κ1) is 16.2. The number of anilines is 2. The van der Waals surface area contributed by atoms with Gasteiger partial charge in [-0.25, -0.2) is 15.0 Å². The van der Waals surface area contributed by atoms with Crippen molar-refractivity contribution in [2.24, 2.45) is 5.92 Å².